The fraction of sp³-hybridized carbons (Fsp3) is 0.579. The molecule has 3 fully saturated rings. The van der Waals surface area contributed by atoms with Crippen LogP contribution in [0.5, 0.6) is 0 Å². The first-order valence-corrected chi connectivity index (χ1v) is 9.78. The highest BCUT2D eigenvalue weighted by Gasteiger charge is 2.52. The summed E-state index contributed by atoms with van der Waals surface area (Å²) in [6.07, 6.45) is 5.04. The number of nitrogens with zero attached hydrogens (tertiary/aromatic N) is 4. The van der Waals surface area contributed by atoms with Gasteiger partial charge in [0.25, 0.3) is 11.8 Å². The Kier molecular flexibility index (Phi) is 4.71. The molecule has 2 aliphatic heterocycles. The Bertz CT molecular complexity index is 856. The summed E-state index contributed by atoms with van der Waals surface area (Å²) in [6.45, 7) is 2.72. The molecule has 0 aromatic carbocycles. The molecule has 0 bridgehead atoms. The van der Waals surface area contributed by atoms with Crippen LogP contribution >= 0.6 is 0 Å². The van der Waals surface area contributed by atoms with E-state index < -0.39 is 5.54 Å². The number of imide groups is 1. The number of nitrogens with one attached hydrogen (secondary N) is 2. The second-order valence-corrected chi connectivity index (χ2v) is 8.11. The summed E-state index contributed by atoms with van der Waals surface area (Å²) in [5, 5.41) is 5.65. The van der Waals surface area contributed by atoms with Crippen molar-refractivity contribution in [3.63, 3.8) is 0 Å². The maximum atomic E-state index is 12.7. The van der Waals surface area contributed by atoms with Gasteiger partial charge in [0.05, 0.1) is 17.9 Å². The van der Waals surface area contributed by atoms with Crippen molar-refractivity contribution in [3.8, 4) is 0 Å². The van der Waals surface area contributed by atoms with E-state index in [1.165, 1.54) is 19.4 Å². The lowest BCUT2D eigenvalue weighted by molar-refractivity contribution is -0.143. The zero-order chi connectivity index (χ0) is 20.8. The standard InChI is InChI=1S/C19H24N6O4/c1-11-7-21-14(8-20-11)15(26)22-13-9-25(10-13)16(27)12-3-5-19(6-4-12)17(28)24(2)18(29)23-19/h7-8,12-13H,3-6,9-10H2,1-2H3,(H,22,26)(H,23,29). The summed E-state index contributed by atoms with van der Waals surface area (Å²) >= 11 is 0. The molecule has 0 atom stereocenters. The molecule has 3 heterocycles. The second kappa shape index (κ2) is 7.09. The summed E-state index contributed by atoms with van der Waals surface area (Å²) in [5.74, 6) is -0.616. The zero-order valence-corrected chi connectivity index (χ0v) is 16.5. The van der Waals surface area contributed by atoms with E-state index in [1.807, 2.05) is 0 Å². The van der Waals surface area contributed by atoms with E-state index in [-0.39, 0.29) is 41.4 Å². The summed E-state index contributed by atoms with van der Waals surface area (Å²) in [7, 11) is 1.47. The molecule has 0 unspecified atom stereocenters. The topological polar surface area (TPSA) is 125 Å². The van der Waals surface area contributed by atoms with Crippen LogP contribution in [0.4, 0.5) is 4.79 Å². The van der Waals surface area contributed by atoms with Gasteiger partial charge < -0.3 is 15.5 Å². The van der Waals surface area contributed by atoms with E-state index >= 15 is 0 Å². The van der Waals surface area contributed by atoms with Gasteiger partial charge >= 0.3 is 6.03 Å². The highest BCUT2D eigenvalue weighted by atomic mass is 16.2. The first-order chi connectivity index (χ1) is 13.8. The highest BCUT2D eigenvalue weighted by molar-refractivity contribution is 6.06. The van der Waals surface area contributed by atoms with Gasteiger partial charge in [-0.1, -0.05) is 0 Å². The Balaban J connectivity index is 1.25. The molecule has 2 N–H and O–H groups in total. The number of aromatic nitrogens is 2. The minimum Gasteiger partial charge on any atom is -0.344 e. The Morgan fingerprint density at radius 1 is 1.17 bits per heavy atom. The number of carbonyl (C=O) groups excluding carboxylic acids is 4. The first-order valence-electron chi connectivity index (χ1n) is 9.78. The molecule has 10 heteroatoms. The van der Waals surface area contributed by atoms with Gasteiger partial charge in [-0.3, -0.25) is 24.3 Å². The van der Waals surface area contributed by atoms with E-state index in [1.54, 1.807) is 11.8 Å². The van der Waals surface area contributed by atoms with Crippen molar-refractivity contribution in [3.05, 3.63) is 23.8 Å². The SMILES string of the molecule is Cc1cnc(C(=O)NC2CN(C(=O)C3CCC4(CC3)NC(=O)N(C)C4=O)C2)cn1. The van der Waals surface area contributed by atoms with Crippen molar-refractivity contribution < 1.29 is 19.2 Å². The van der Waals surface area contributed by atoms with Crippen molar-refractivity contribution in [2.24, 2.45) is 5.92 Å². The summed E-state index contributed by atoms with van der Waals surface area (Å²) in [5.41, 5.74) is 0.149. The second-order valence-electron chi connectivity index (χ2n) is 8.11. The van der Waals surface area contributed by atoms with Crippen LogP contribution in [0.15, 0.2) is 12.4 Å². The third-order valence-corrected chi connectivity index (χ3v) is 6.10. The van der Waals surface area contributed by atoms with Gasteiger partial charge in [0.15, 0.2) is 0 Å². The summed E-state index contributed by atoms with van der Waals surface area (Å²) in [4.78, 5) is 60.0. The predicted octanol–water partition coefficient (Wildman–Crippen LogP) is -0.164. The lowest BCUT2D eigenvalue weighted by atomic mass is 9.75. The van der Waals surface area contributed by atoms with Gasteiger partial charge in [0.2, 0.25) is 5.91 Å². The van der Waals surface area contributed by atoms with Gasteiger partial charge in [0, 0.05) is 32.3 Å². The van der Waals surface area contributed by atoms with Crippen LogP contribution in [0.3, 0.4) is 0 Å². The van der Waals surface area contributed by atoms with Crippen molar-refractivity contribution in [1.82, 2.24) is 30.4 Å². The van der Waals surface area contributed by atoms with Crippen LogP contribution in [0.2, 0.25) is 0 Å². The van der Waals surface area contributed by atoms with Gasteiger partial charge in [-0.15, -0.1) is 0 Å². The number of urea groups is 1. The van der Waals surface area contributed by atoms with Crippen LogP contribution in [0.25, 0.3) is 0 Å². The zero-order valence-electron chi connectivity index (χ0n) is 16.5. The smallest absolute Gasteiger partial charge is 0.324 e. The number of carbonyl (C=O) groups is 4. The van der Waals surface area contributed by atoms with E-state index in [9.17, 15) is 19.2 Å². The third-order valence-electron chi connectivity index (χ3n) is 6.10. The molecule has 1 aromatic heterocycles. The Morgan fingerprint density at radius 2 is 1.86 bits per heavy atom. The number of aryl methyl sites for hydroxylation is 1. The maximum absolute atomic E-state index is 12.7. The number of hydrogen-bond donors (Lipinski definition) is 2. The number of amides is 5. The molecule has 29 heavy (non-hydrogen) atoms. The van der Waals surface area contributed by atoms with Crippen molar-refractivity contribution in [1.29, 1.82) is 0 Å². The van der Waals surface area contributed by atoms with Gasteiger partial charge in [-0.25, -0.2) is 9.78 Å². The van der Waals surface area contributed by atoms with E-state index in [4.69, 9.17) is 0 Å². The van der Waals surface area contributed by atoms with Crippen molar-refractivity contribution in [2.45, 2.75) is 44.2 Å². The van der Waals surface area contributed by atoms with Crippen LogP contribution < -0.4 is 10.6 Å². The number of rotatable bonds is 3. The first kappa shape index (κ1) is 19.3. The van der Waals surface area contributed by atoms with Crippen molar-refractivity contribution >= 4 is 23.8 Å². The monoisotopic (exact) mass is 400 g/mol. The normalized spacial score (nSPS) is 27.0. The van der Waals surface area contributed by atoms with Gasteiger partial charge in [0.1, 0.15) is 11.2 Å². The molecule has 3 aliphatic rings. The number of likely N-dealkylation sites (N-methyl/N-ethyl adjacent to an activating group) is 1. The van der Waals surface area contributed by atoms with Crippen LogP contribution in [0.1, 0.15) is 41.9 Å². The van der Waals surface area contributed by atoms with Crippen LogP contribution in [-0.4, -0.2) is 75.2 Å². The highest BCUT2D eigenvalue weighted by Crippen LogP contribution is 2.37. The molecule has 0 radical (unpaired) electrons. The molecule has 4 rings (SSSR count). The summed E-state index contributed by atoms with van der Waals surface area (Å²) in [6, 6.07) is -0.479. The van der Waals surface area contributed by atoms with Crippen molar-refractivity contribution in [2.75, 3.05) is 20.1 Å². The third kappa shape index (κ3) is 3.43. The molecular formula is C19H24N6O4. The van der Waals surface area contributed by atoms with Gasteiger partial charge in [-0.2, -0.15) is 0 Å². The quantitative estimate of drug-likeness (QED) is 0.679. The molecule has 10 nitrogen and oxygen atoms in total. The largest absolute Gasteiger partial charge is 0.344 e. The van der Waals surface area contributed by atoms with Crippen LogP contribution in [0, 0.1) is 12.8 Å². The molecule has 1 aliphatic carbocycles. The number of likely N-dealkylation sites (tertiary alicyclic amines) is 1. The molecule has 154 valence electrons. The van der Waals surface area contributed by atoms with E-state index in [0.717, 1.165) is 10.6 Å². The fourth-order valence-electron chi connectivity index (χ4n) is 4.23. The predicted molar refractivity (Wildman–Crippen MR) is 101 cm³/mol. The lowest BCUT2D eigenvalue weighted by Gasteiger charge is -2.43. The fourth-order valence-corrected chi connectivity index (χ4v) is 4.23. The molecule has 1 aromatic rings. The molecule has 5 amide bonds. The maximum Gasteiger partial charge on any atom is 0.324 e. The Morgan fingerprint density at radius 3 is 2.41 bits per heavy atom. The van der Waals surface area contributed by atoms with Gasteiger partial charge in [-0.05, 0) is 32.6 Å². The van der Waals surface area contributed by atoms with E-state index in [2.05, 4.69) is 20.6 Å². The molecule has 1 spiro atoms. The molecule has 2 saturated heterocycles. The lowest BCUT2D eigenvalue weighted by Crippen LogP contribution is -2.62. The Labute approximate surface area is 168 Å². The average molecular weight is 400 g/mol. The minimum absolute atomic E-state index is 0.0469. The van der Waals surface area contributed by atoms with Crippen LogP contribution in [-0.2, 0) is 9.59 Å². The molecular weight excluding hydrogens is 376 g/mol. The molecule has 1 saturated carbocycles. The Hall–Kier alpha value is -3.04. The minimum atomic E-state index is -0.844. The van der Waals surface area contributed by atoms with E-state index in [0.29, 0.717) is 38.8 Å². The summed E-state index contributed by atoms with van der Waals surface area (Å²) < 4.78 is 0. The average Bonchev–Trinajstić information content (AvgIpc) is 2.88. The number of hydrogen-bond acceptors (Lipinski definition) is 6.